The van der Waals surface area contributed by atoms with Crippen LogP contribution in [0.3, 0.4) is 0 Å². The molecule has 0 saturated heterocycles. The van der Waals surface area contributed by atoms with E-state index in [9.17, 15) is 19.2 Å². The molecule has 2 aromatic heterocycles. The van der Waals surface area contributed by atoms with Crippen LogP contribution < -0.4 is 10.0 Å². The van der Waals surface area contributed by atoms with Gasteiger partial charge in [0.25, 0.3) is 17.3 Å². The first-order valence-corrected chi connectivity index (χ1v) is 8.89. The van der Waals surface area contributed by atoms with Gasteiger partial charge in [-0.2, -0.15) is 0 Å². The number of nitrogens with one attached hydrogen (secondary N) is 1. The van der Waals surface area contributed by atoms with E-state index in [1.165, 1.54) is 30.6 Å². The van der Waals surface area contributed by atoms with Crippen molar-refractivity contribution in [3.8, 4) is 0 Å². The number of anilines is 1. The third kappa shape index (κ3) is 3.70. The largest absolute Gasteiger partial charge is 0.711 e. The van der Waals surface area contributed by atoms with E-state index in [4.69, 9.17) is 0 Å². The van der Waals surface area contributed by atoms with Crippen molar-refractivity contribution in [2.75, 3.05) is 5.32 Å². The predicted molar refractivity (Wildman–Crippen MR) is 106 cm³/mol. The van der Waals surface area contributed by atoms with E-state index in [0.717, 1.165) is 5.56 Å². The third-order valence-corrected chi connectivity index (χ3v) is 4.53. The number of ketones is 1. The Morgan fingerprint density at radius 1 is 1.00 bits per heavy atom. The van der Waals surface area contributed by atoms with Gasteiger partial charge in [0.1, 0.15) is 18.6 Å². The monoisotopic (exact) mass is 389 g/mol. The molecule has 1 N–H and O–H groups in total. The molecule has 0 aliphatic heterocycles. The first-order chi connectivity index (χ1) is 14.0. The van der Waals surface area contributed by atoms with Crippen LogP contribution in [0.2, 0.25) is 0 Å². The molecule has 144 valence electrons. The van der Waals surface area contributed by atoms with Crippen molar-refractivity contribution >= 4 is 28.4 Å². The number of amides is 1. The summed E-state index contributed by atoms with van der Waals surface area (Å²) >= 11 is 0. The molecule has 0 spiro atoms. The van der Waals surface area contributed by atoms with E-state index in [2.05, 4.69) is 5.32 Å². The Bertz CT molecular complexity index is 1200. The van der Waals surface area contributed by atoms with Crippen LogP contribution in [0.15, 0.2) is 79.1 Å². The molecule has 0 saturated carbocycles. The maximum absolute atomic E-state index is 13.2. The lowest BCUT2D eigenvalue weighted by molar-refractivity contribution is -0.580. The van der Waals surface area contributed by atoms with Gasteiger partial charge in [-0.25, -0.2) is 13.7 Å². The van der Waals surface area contributed by atoms with Gasteiger partial charge in [0.15, 0.2) is 0 Å². The molecule has 0 aliphatic carbocycles. The number of aromatic nitrogens is 2. The van der Waals surface area contributed by atoms with E-state index in [-0.39, 0.29) is 23.6 Å². The van der Waals surface area contributed by atoms with Crippen LogP contribution in [0, 0.1) is 11.0 Å². The second-order valence-corrected chi connectivity index (χ2v) is 6.52. The van der Waals surface area contributed by atoms with Crippen molar-refractivity contribution in [2.24, 2.45) is 0 Å². The van der Waals surface area contributed by atoms with Crippen LogP contribution in [0.5, 0.6) is 0 Å². The summed E-state index contributed by atoms with van der Waals surface area (Å²) in [5.41, 5.74) is 1.62. The Kier molecular flexibility index (Phi) is 4.78. The average molecular weight is 389 g/mol. The van der Waals surface area contributed by atoms with E-state index >= 15 is 0 Å². The minimum Gasteiger partial charge on any atom is -0.711 e. The summed E-state index contributed by atoms with van der Waals surface area (Å²) in [6.45, 7) is 0.247. The lowest BCUT2D eigenvalue weighted by Crippen LogP contribution is -2.28. The van der Waals surface area contributed by atoms with Crippen LogP contribution >= 0.6 is 0 Å². The number of nitrogens with zero attached hydrogens (tertiary/aromatic N) is 2. The summed E-state index contributed by atoms with van der Waals surface area (Å²) in [7, 11) is 0. The highest BCUT2D eigenvalue weighted by Gasteiger charge is 2.26. The minimum absolute atomic E-state index is 0.126. The molecule has 4 aromatic rings. The number of fused-ring (bicyclic) bond motifs is 1. The van der Waals surface area contributed by atoms with Crippen molar-refractivity contribution in [1.29, 1.82) is 0 Å². The zero-order valence-corrected chi connectivity index (χ0v) is 15.2. The fourth-order valence-corrected chi connectivity index (χ4v) is 3.18. The molecule has 0 fully saturated rings. The number of hydrogen-bond donors (Lipinski definition) is 1. The summed E-state index contributed by atoms with van der Waals surface area (Å²) in [4.78, 5) is 25.2. The average Bonchev–Trinajstić information content (AvgIpc) is 3.09. The molecule has 7 heteroatoms. The van der Waals surface area contributed by atoms with Gasteiger partial charge in [-0.05, 0) is 42.0 Å². The van der Waals surface area contributed by atoms with Gasteiger partial charge < -0.3 is 10.5 Å². The van der Waals surface area contributed by atoms with Gasteiger partial charge in [-0.1, -0.05) is 30.3 Å². The van der Waals surface area contributed by atoms with Crippen molar-refractivity contribution < 1.29 is 18.7 Å². The van der Waals surface area contributed by atoms with E-state index in [1.807, 2.05) is 0 Å². The van der Waals surface area contributed by atoms with Crippen molar-refractivity contribution in [3.63, 3.8) is 0 Å². The Morgan fingerprint density at radius 2 is 1.72 bits per heavy atom. The van der Waals surface area contributed by atoms with Gasteiger partial charge >= 0.3 is 0 Å². The van der Waals surface area contributed by atoms with Crippen molar-refractivity contribution in [2.45, 2.75) is 6.54 Å². The zero-order chi connectivity index (χ0) is 20.4. The van der Waals surface area contributed by atoms with Crippen molar-refractivity contribution in [1.82, 2.24) is 4.57 Å². The first-order valence-electron chi connectivity index (χ1n) is 8.89. The number of rotatable bonds is 5. The fourth-order valence-electron chi connectivity index (χ4n) is 3.18. The Labute approximate surface area is 165 Å². The number of pyridine rings is 1. The number of para-hydroxylation sites is 1. The van der Waals surface area contributed by atoms with Gasteiger partial charge in [0.05, 0.1) is 17.1 Å². The summed E-state index contributed by atoms with van der Waals surface area (Å²) in [5.74, 6) is -1.90. The minimum atomic E-state index is -0.793. The molecule has 2 heterocycles. The van der Waals surface area contributed by atoms with Crippen LogP contribution in [0.25, 0.3) is 11.0 Å². The molecule has 0 unspecified atom stereocenters. The van der Waals surface area contributed by atoms with Crippen LogP contribution in [-0.2, 0) is 11.3 Å². The molecule has 0 radical (unpaired) electrons. The molecule has 0 aliphatic rings. The number of benzene rings is 2. The summed E-state index contributed by atoms with van der Waals surface area (Å²) in [6, 6.07) is 17.6. The maximum Gasteiger partial charge on any atom is 0.296 e. The predicted octanol–water partition coefficient (Wildman–Crippen LogP) is 3.28. The Hall–Kier alpha value is -4.00. The molecule has 4 rings (SSSR count). The third-order valence-electron chi connectivity index (χ3n) is 4.53. The lowest BCUT2D eigenvalue weighted by Gasteiger charge is -2.06. The molecular weight excluding hydrogens is 373 g/mol. The highest BCUT2D eigenvalue weighted by atomic mass is 19.1. The van der Waals surface area contributed by atoms with Gasteiger partial charge in [0, 0.05) is 5.69 Å². The highest BCUT2D eigenvalue weighted by Crippen LogP contribution is 2.21. The van der Waals surface area contributed by atoms with Crippen LogP contribution in [0.1, 0.15) is 15.9 Å². The summed E-state index contributed by atoms with van der Waals surface area (Å²) in [5, 5.41) is 15.3. The SMILES string of the molecule is O=C(Nc1ccccc1)C(=O)c1cn(Cc2ccc(F)cc2)c2c1ccc[n+]2[O-]. The molecular formula is C22H16FN3O3. The van der Waals surface area contributed by atoms with E-state index in [0.29, 0.717) is 15.8 Å². The molecule has 0 bridgehead atoms. The van der Waals surface area contributed by atoms with Crippen LogP contribution in [0.4, 0.5) is 10.1 Å². The first kappa shape index (κ1) is 18.4. The topological polar surface area (TPSA) is 78.0 Å². The van der Waals surface area contributed by atoms with Crippen LogP contribution in [-0.4, -0.2) is 16.3 Å². The van der Waals surface area contributed by atoms with Gasteiger partial charge in [-0.15, -0.1) is 0 Å². The van der Waals surface area contributed by atoms with Crippen molar-refractivity contribution in [3.05, 3.63) is 101 Å². The molecule has 0 atom stereocenters. The standard InChI is InChI=1S/C22H16FN3O3/c23-16-10-8-15(9-11-16)13-25-14-19(18-7-4-12-26(29)22(18)25)20(27)21(28)24-17-5-2-1-3-6-17/h1-12,14H,13H2,(H,24,28). The molecule has 1 amide bonds. The fraction of sp³-hybridized carbons (Fsp3) is 0.0455. The number of hydrogen-bond acceptors (Lipinski definition) is 3. The molecule has 2 aromatic carbocycles. The highest BCUT2D eigenvalue weighted by molar-refractivity contribution is 6.48. The van der Waals surface area contributed by atoms with E-state index < -0.39 is 11.7 Å². The number of carbonyl (C=O) groups excluding carboxylic acids is 2. The second kappa shape index (κ2) is 7.55. The van der Waals surface area contributed by atoms with Gasteiger partial charge in [0.2, 0.25) is 0 Å². The van der Waals surface area contributed by atoms with E-state index in [1.54, 1.807) is 53.1 Å². The number of halogens is 1. The normalized spacial score (nSPS) is 10.8. The smallest absolute Gasteiger partial charge is 0.296 e. The maximum atomic E-state index is 13.2. The second-order valence-electron chi connectivity index (χ2n) is 6.52. The zero-order valence-electron chi connectivity index (χ0n) is 15.2. The number of carbonyl (C=O) groups is 2. The molecule has 29 heavy (non-hydrogen) atoms. The number of Topliss-reactive ketones (excluding diaryl/α,β-unsaturated/α-hetero) is 1. The summed E-state index contributed by atoms with van der Waals surface area (Å²) < 4.78 is 15.4. The Morgan fingerprint density at radius 3 is 2.45 bits per heavy atom. The Balaban J connectivity index is 1.71. The van der Waals surface area contributed by atoms with Gasteiger partial charge in [-0.3, -0.25) is 9.59 Å². The quantitative estimate of drug-likeness (QED) is 0.246. The summed E-state index contributed by atoms with van der Waals surface area (Å²) in [6.07, 6.45) is 2.80. The molecule has 6 nitrogen and oxygen atoms in total. The lowest BCUT2D eigenvalue weighted by atomic mass is 10.1.